The highest BCUT2D eigenvalue weighted by atomic mass is 16.5. The molecule has 190 valence electrons. The molecule has 4 N–H and O–H groups in total. The van der Waals surface area contributed by atoms with Gasteiger partial charge in [-0.15, -0.1) is 0 Å². The monoisotopic (exact) mass is 489 g/mol. The van der Waals surface area contributed by atoms with Crippen LogP contribution in [0.4, 0.5) is 10.5 Å². The topological polar surface area (TPSA) is 115 Å². The zero-order chi connectivity index (χ0) is 26.6. The number of carboxylic acids is 1. The van der Waals surface area contributed by atoms with E-state index in [-0.39, 0.29) is 18.7 Å². The lowest BCUT2D eigenvalue weighted by molar-refractivity contribution is 0.0695. The van der Waals surface area contributed by atoms with E-state index in [1.807, 2.05) is 45.0 Å². The number of amides is 1. The summed E-state index contributed by atoms with van der Waals surface area (Å²) in [6, 6.07) is 11.3. The first kappa shape index (κ1) is 26.9. The molecule has 0 radical (unpaired) electrons. The summed E-state index contributed by atoms with van der Waals surface area (Å²) >= 11 is 0. The molecule has 0 saturated carbocycles. The Morgan fingerprint density at radius 1 is 1.03 bits per heavy atom. The highest BCUT2D eigenvalue weighted by Gasteiger charge is 2.21. The van der Waals surface area contributed by atoms with E-state index >= 15 is 0 Å². The summed E-state index contributed by atoms with van der Waals surface area (Å²) in [6.07, 6.45) is 0.161. The second-order valence-corrected chi connectivity index (χ2v) is 9.57. The molecule has 7 nitrogen and oxygen atoms in total. The first-order valence-electron chi connectivity index (χ1n) is 12.1. The number of benzene rings is 2. The number of nitrogens with one attached hydrogen (secondary N) is 1. The summed E-state index contributed by atoms with van der Waals surface area (Å²) in [5.41, 5.74) is 14.7. The number of carbonyl (C=O) groups excluding carboxylic acids is 1. The molecule has 3 rings (SSSR count). The Bertz CT molecular complexity index is 1280. The number of hydrogen-bond acceptors (Lipinski definition) is 5. The summed E-state index contributed by atoms with van der Waals surface area (Å²) in [5.74, 6) is -0.583. The number of rotatable bonds is 8. The van der Waals surface area contributed by atoms with Crippen LogP contribution in [0.3, 0.4) is 0 Å². The van der Waals surface area contributed by atoms with Crippen molar-refractivity contribution in [2.75, 3.05) is 5.32 Å². The van der Waals surface area contributed by atoms with E-state index in [4.69, 9.17) is 15.5 Å². The molecule has 0 spiro atoms. The molecule has 36 heavy (non-hydrogen) atoms. The number of anilines is 1. The predicted octanol–water partition coefficient (Wildman–Crippen LogP) is 6.09. The van der Waals surface area contributed by atoms with Gasteiger partial charge >= 0.3 is 12.1 Å². The van der Waals surface area contributed by atoms with E-state index < -0.39 is 12.1 Å². The fraction of sp³-hybridized carbons (Fsp3) is 0.345. The van der Waals surface area contributed by atoms with Crippen molar-refractivity contribution in [3.05, 3.63) is 81.2 Å². The van der Waals surface area contributed by atoms with Crippen molar-refractivity contribution in [3.8, 4) is 11.1 Å². The van der Waals surface area contributed by atoms with Crippen molar-refractivity contribution < 1.29 is 19.4 Å². The SMILES string of the molecule is Cc1ccc(-c2c(CN)c(CC(C)C)nc(C)c2NC(=O)OCc2ccc(C(=O)O)c(C)c2C)cc1. The number of pyridine rings is 1. The third kappa shape index (κ3) is 5.91. The number of aryl methyl sites for hydroxylation is 2. The van der Waals surface area contributed by atoms with Gasteiger partial charge < -0.3 is 15.6 Å². The number of aromatic carboxylic acids is 1. The minimum atomic E-state index is -0.982. The number of ether oxygens (including phenoxy) is 1. The summed E-state index contributed by atoms with van der Waals surface area (Å²) < 4.78 is 5.54. The Labute approximate surface area is 212 Å². The fourth-order valence-electron chi connectivity index (χ4n) is 4.32. The standard InChI is InChI=1S/C29H35N3O4/c1-16(2)13-25-24(14-30)26(21-9-7-17(3)8-10-21)27(20(6)31-25)32-29(35)36-15-22-11-12-23(28(33)34)19(5)18(22)4/h7-12,16H,13-15,30H2,1-6H3,(H,32,35)(H,33,34). The highest BCUT2D eigenvalue weighted by Crippen LogP contribution is 2.36. The zero-order valence-electron chi connectivity index (χ0n) is 21.9. The number of nitrogens with two attached hydrogens (primary N) is 1. The van der Waals surface area contributed by atoms with Crippen molar-refractivity contribution in [2.45, 2.75) is 61.1 Å². The van der Waals surface area contributed by atoms with Gasteiger partial charge in [0.05, 0.1) is 16.9 Å². The van der Waals surface area contributed by atoms with E-state index in [1.165, 1.54) is 6.07 Å². The third-order valence-corrected chi connectivity index (χ3v) is 6.43. The van der Waals surface area contributed by atoms with E-state index in [0.29, 0.717) is 22.9 Å². The molecule has 0 saturated heterocycles. The van der Waals surface area contributed by atoms with Crippen LogP contribution in [0.1, 0.15) is 63.4 Å². The van der Waals surface area contributed by atoms with Crippen LogP contribution in [-0.2, 0) is 24.3 Å². The third-order valence-electron chi connectivity index (χ3n) is 6.43. The van der Waals surface area contributed by atoms with E-state index in [2.05, 4.69) is 19.2 Å². The molecule has 2 aromatic carbocycles. The van der Waals surface area contributed by atoms with Gasteiger partial charge in [0.2, 0.25) is 0 Å². The molecule has 0 fully saturated rings. The van der Waals surface area contributed by atoms with Crippen LogP contribution in [0.25, 0.3) is 11.1 Å². The highest BCUT2D eigenvalue weighted by molar-refractivity contribution is 5.94. The van der Waals surface area contributed by atoms with Gasteiger partial charge in [0, 0.05) is 17.8 Å². The Kier molecular flexibility index (Phi) is 8.48. The normalized spacial score (nSPS) is 11.0. The number of carbonyl (C=O) groups is 2. The van der Waals surface area contributed by atoms with Crippen molar-refractivity contribution in [2.24, 2.45) is 11.7 Å². The molecule has 1 amide bonds. The number of carboxylic acid groups (broad SMARTS) is 1. The maximum atomic E-state index is 12.9. The van der Waals surface area contributed by atoms with Gasteiger partial charge in [0.15, 0.2) is 0 Å². The van der Waals surface area contributed by atoms with Crippen LogP contribution in [0, 0.1) is 33.6 Å². The molecule has 0 aliphatic rings. The molecule has 0 aliphatic carbocycles. The van der Waals surface area contributed by atoms with Gasteiger partial charge in [-0.3, -0.25) is 10.3 Å². The molecule has 0 atom stereocenters. The lowest BCUT2D eigenvalue weighted by atomic mass is 9.92. The number of aromatic nitrogens is 1. The van der Waals surface area contributed by atoms with E-state index in [0.717, 1.165) is 45.5 Å². The van der Waals surface area contributed by atoms with Crippen molar-refractivity contribution in [3.63, 3.8) is 0 Å². The quantitative estimate of drug-likeness (QED) is 0.353. The first-order chi connectivity index (χ1) is 17.0. The Balaban J connectivity index is 1.95. The number of hydrogen-bond donors (Lipinski definition) is 3. The van der Waals surface area contributed by atoms with Crippen molar-refractivity contribution >= 4 is 17.7 Å². The average Bonchev–Trinajstić information content (AvgIpc) is 2.81. The lowest BCUT2D eigenvalue weighted by Gasteiger charge is -2.21. The van der Waals surface area contributed by atoms with Gasteiger partial charge in [0.25, 0.3) is 0 Å². The maximum absolute atomic E-state index is 12.9. The zero-order valence-corrected chi connectivity index (χ0v) is 21.9. The van der Waals surface area contributed by atoms with Gasteiger partial charge in [0.1, 0.15) is 6.61 Å². The first-order valence-corrected chi connectivity index (χ1v) is 12.1. The summed E-state index contributed by atoms with van der Waals surface area (Å²) in [5, 5.41) is 12.2. The van der Waals surface area contributed by atoms with Crippen LogP contribution in [0.5, 0.6) is 0 Å². The van der Waals surface area contributed by atoms with Crippen molar-refractivity contribution in [1.82, 2.24) is 4.98 Å². The smallest absolute Gasteiger partial charge is 0.412 e. The molecule has 1 heterocycles. The van der Waals surface area contributed by atoms with Gasteiger partial charge in [-0.05, 0) is 73.9 Å². The lowest BCUT2D eigenvalue weighted by Crippen LogP contribution is -2.19. The molecule has 0 bridgehead atoms. The Morgan fingerprint density at radius 3 is 2.28 bits per heavy atom. The summed E-state index contributed by atoms with van der Waals surface area (Å²) in [6.45, 7) is 12.0. The van der Waals surface area contributed by atoms with Gasteiger partial charge in [-0.2, -0.15) is 0 Å². The minimum absolute atomic E-state index is 0.0138. The van der Waals surface area contributed by atoms with Crippen LogP contribution in [0.15, 0.2) is 36.4 Å². The molecular weight excluding hydrogens is 454 g/mol. The Morgan fingerprint density at radius 2 is 1.69 bits per heavy atom. The molecule has 7 heteroatoms. The number of nitrogens with zero attached hydrogens (tertiary/aromatic N) is 1. The molecule has 1 aromatic heterocycles. The summed E-state index contributed by atoms with van der Waals surface area (Å²) in [4.78, 5) is 29.1. The van der Waals surface area contributed by atoms with Crippen molar-refractivity contribution in [1.29, 1.82) is 0 Å². The second kappa shape index (κ2) is 11.4. The summed E-state index contributed by atoms with van der Waals surface area (Å²) in [7, 11) is 0. The molecular formula is C29H35N3O4. The average molecular weight is 490 g/mol. The van der Waals surface area contributed by atoms with Crippen LogP contribution in [-0.4, -0.2) is 22.2 Å². The van der Waals surface area contributed by atoms with Crippen LogP contribution < -0.4 is 11.1 Å². The van der Waals surface area contributed by atoms with Gasteiger partial charge in [-0.25, -0.2) is 9.59 Å². The minimum Gasteiger partial charge on any atom is -0.478 e. The molecule has 3 aromatic rings. The predicted molar refractivity (Wildman–Crippen MR) is 142 cm³/mol. The Hall–Kier alpha value is -3.71. The molecule has 0 unspecified atom stereocenters. The van der Waals surface area contributed by atoms with Crippen LogP contribution >= 0.6 is 0 Å². The largest absolute Gasteiger partial charge is 0.478 e. The van der Waals surface area contributed by atoms with Crippen LogP contribution in [0.2, 0.25) is 0 Å². The molecule has 0 aliphatic heterocycles. The van der Waals surface area contributed by atoms with Gasteiger partial charge in [-0.1, -0.05) is 49.7 Å². The second-order valence-electron chi connectivity index (χ2n) is 9.57. The van der Waals surface area contributed by atoms with E-state index in [9.17, 15) is 14.7 Å². The van der Waals surface area contributed by atoms with E-state index in [1.54, 1.807) is 13.0 Å². The fourth-order valence-corrected chi connectivity index (χ4v) is 4.32. The maximum Gasteiger partial charge on any atom is 0.412 e.